The number of aromatic nitrogens is 1. The van der Waals surface area contributed by atoms with Crippen LogP contribution >= 0.6 is 0 Å². The maximum Gasteiger partial charge on any atom is 0.252 e. The SMILES string of the molecule is COc1ccc2[nH]c(=O)c(CN3CC(C4CC4)C3)cc2c1. The van der Waals surface area contributed by atoms with Gasteiger partial charge in [0, 0.05) is 36.1 Å². The van der Waals surface area contributed by atoms with E-state index in [0.717, 1.165) is 53.7 Å². The van der Waals surface area contributed by atoms with Gasteiger partial charge in [0.25, 0.3) is 5.56 Å². The first kappa shape index (κ1) is 12.9. The maximum atomic E-state index is 12.2. The Labute approximate surface area is 123 Å². The van der Waals surface area contributed by atoms with E-state index in [1.807, 2.05) is 24.3 Å². The van der Waals surface area contributed by atoms with Crippen LogP contribution in [0.3, 0.4) is 0 Å². The van der Waals surface area contributed by atoms with Crippen LogP contribution < -0.4 is 10.3 Å². The van der Waals surface area contributed by atoms with Crippen molar-refractivity contribution in [2.24, 2.45) is 11.8 Å². The van der Waals surface area contributed by atoms with E-state index >= 15 is 0 Å². The smallest absolute Gasteiger partial charge is 0.252 e. The summed E-state index contributed by atoms with van der Waals surface area (Å²) in [6.45, 7) is 3.06. The van der Waals surface area contributed by atoms with Crippen LogP contribution in [0.5, 0.6) is 5.75 Å². The summed E-state index contributed by atoms with van der Waals surface area (Å²) in [5, 5.41) is 1.03. The van der Waals surface area contributed by atoms with E-state index in [4.69, 9.17) is 4.74 Å². The summed E-state index contributed by atoms with van der Waals surface area (Å²) in [5.74, 6) is 2.67. The molecule has 0 spiro atoms. The summed E-state index contributed by atoms with van der Waals surface area (Å²) in [4.78, 5) is 17.5. The molecule has 1 aliphatic carbocycles. The van der Waals surface area contributed by atoms with Crippen molar-refractivity contribution in [1.82, 2.24) is 9.88 Å². The van der Waals surface area contributed by atoms with Gasteiger partial charge in [0.2, 0.25) is 0 Å². The lowest BCUT2D eigenvalue weighted by Crippen LogP contribution is -2.47. The summed E-state index contributed by atoms with van der Waals surface area (Å²) in [7, 11) is 1.66. The molecule has 4 rings (SSSR count). The predicted octanol–water partition coefficient (Wildman–Crippen LogP) is 2.38. The highest BCUT2D eigenvalue weighted by molar-refractivity contribution is 5.80. The molecule has 2 aromatic rings. The molecule has 1 saturated carbocycles. The summed E-state index contributed by atoms with van der Waals surface area (Å²) in [6, 6.07) is 7.73. The van der Waals surface area contributed by atoms with Gasteiger partial charge in [-0.25, -0.2) is 0 Å². The number of methoxy groups -OCH3 is 1. The quantitative estimate of drug-likeness (QED) is 0.937. The normalized spacial score (nSPS) is 19.7. The topological polar surface area (TPSA) is 45.3 Å². The average Bonchev–Trinajstić information content (AvgIpc) is 3.26. The molecule has 2 fully saturated rings. The van der Waals surface area contributed by atoms with Gasteiger partial charge in [-0.05, 0) is 48.9 Å². The zero-order valence-electron chi connectivity index (χ0n) is 12.3. The third kappa shape index (κ3) is 2.44. The van der Waals surface area contributed by atoms with Crippen molar-refractivity contribution in [3.8, 4) is 5.75 Å². The Morgan fingerprint density at radius 2 is 2.05 bits per heavy atom. The molecule has 4 nitrogen and oxygen atoms in total. The van der Waals surface area contributed by atoms with E-state index in [2.05, 4.69) is 9.88 Å². The number of hydrogen-bond acceptors (Lipinski definition) is 3. The Morgan fingerprint density at radius 1 is 1.24 bits per heavy atom. The molecule has 1 aromatic heterocycles. The number of nitrogens with one attached hydrogen (secondary N) is 1. The van der Waals surface area contributed by atoms with E-state index in [0.29, 0.717) is 0 Å². The highest BCUT2D eigenvalue weighted by Gasteiger charge is 2.39. The molecule has 1 aromatic carbocycles. The molecule has 21 heavy (non-hydrogen) atoms. The fourth-order valence-electron chi connectivity index (χ4n) is 3.32. The molecule has 2 aliphatic rings. The first-order valence-electron chi connectivity index (χ1n) is 7.65. The molecular weight excluding hydrogens is 264 g/mol. The lowest BCUT2D eigenvalue weighted by molar-refractivity contribution is 0.0773. The summed E-state index contributed by atoms with van der Waals surface area (Å²) < 4.78 is 5.25. The minimum absolute atomic E-state index is 0.0301. The standard InChI is InChI=1S/C17H20N2O2/c1-21-15-4-5-16-12(7-15)6-13(17(20)18-16)8-19-9-14(10-19)11-2-3-11/h4-7,11,14H,2-3,8-10H2,1H3,(H,18,20). The Hall–Kier alpha value is -1.81. The van der Waals surface area contributed by atoms with Crippen LogP contribution in [-0.2, 0) is 6.54 Å². The second kappa shape index (κ2) is 4.88. The molecule has 4 heteroatoms. The van der Waals surface area contributed by atoms with Gasteiger partial charge in [0.15, 0.2) is 0 Å². The fraction of sp³-hybridized carbons (Fsp3) is 0.471. The summed E-state index contributed by atoms with van der Waals surface area (Å²) in [5.41, 5.74) is 1.75. The molecule has 2 heterocycles. The minimum atomic E-state index is 0.0301. The average molecular weight is 284 g/mol. The van der Waals surface area contributed by atoms with E-state index in [1.54, 1.807) is 7.11 Å². The van der Waals surface area contributed by atoms with Crippen molar-refractivity contribution in [2.45, 2.75) is 19.4 Å². The predicted molar refractivity (Wildman–Crippen MR) is 82.6 cm³/mol. The monoisotopic (exact) mass is 284 g/mol. The van der Waals surface area contributed by atoms with Crippen LogP contribution in [0.25, 0.3) is 10.9 Å². The molecule has 0 bridgehead atoms. The molecule has 0 radical (unpaired) electrons. The maximum absolute atomic E-state index is 12.2. The van der Waals surface area contributed by atoms with Crippen LogP contribution in [0.1, 0.15) is 18.4 Å². The number of ether oxygens (including phenoxy) is 1. The first-order valence-corrected chi connectivity index (χ1v) is 7.65. The lowest BCUT2D eigenvalue weighted by Gasteiger charge is -2.39. The van der Waals surface area contributed by atoms with Crippen molar-refractivity contribution >= 4 is 10.9 Å². The van der Waals surface area contributed by atoms with Gasteiger partial charge in [0.05, 0.1) is 7.11 Å². The number of H-pyrrole nitrogens is 1. The Balaban J connectivity index is 1.56. The van der Waals surface area contributed by atoms with Crippen molar-refractivity contribution in [3.05, 3.63) is 40.2 Å². The van der Waals surface area contributed by atoms with Gasteiger partial charge in [-0.1, -0.05) is 0 Å². The number of benzene rings is 1. The van der Waals surface area contributed by atoms with E-state index < -0.39 is 0 Å². The Bertz CT molecular complexity index is 727. The second-order valence-corrected chi connectivity index (χ2v) is 6.37. The van der Waals surface area contributed by atoms with Gasteiger partial charge >= 0.3 is 0 Å². The van der Waals surface area contributed by atoms with Crippen molar-refractivity contribution in [3.63, 3.8) is 0 Å². The number of rotatable bonds is 4. The van der Waals surface area contributed by atoms with Crippen molar-refractivity contribution < 1.29 is 4.74 Å². The molecule has 1 aliphatic heterocycles. The van der Waals surface area contributed by atoms with Gasteiger partial charge in [-0.2, -0.15) is 0 Å². The number of hydrogen-bond donors (Lipinski definition) is 1. The summed E-state index contributed by atoms with van der Waals surface area (Å²) in [6.07, 6.45) is 2.82. The van der Waals surface area contributed by atoms with Gasteiger partial charge in [-0.3, -0.25) is 9.69 Å². The van der Waals surface area contributed by atoms with Crippen LogP contribution in [0.2, 0.25) is 0 Å². The van der Waals surface area contributed by atoms with E-state index in [1.165, 1.54) is 12.8 Å². The molecule has 0 unspecified atom stereocenters. The molecule has 0 amide bonds. The third-order valence-electron chi connectivity index (χ3n) is 4.80. The van der Waals surface area contributed by atoms with Gasteiger partial charge in [-0.15, -0.1) is 0 Å². The molecule has 0 atom stereocenters. The highest BCUT2D eigenvalue weighted by Crippen LogP contribution is 2.41. The second-order valence-electron chi connectivity index (χ2n) is 6.37. The molecule has 1 saturated heterocycles. The number of pyridine rings is 1. The minimum Gasteiger partial charge on any atom is -0.497 e. The first-order chi connectivity index (χ1) is 10.2. The van der Waals surface area contributed by atoms with Crippen molar-refractivity contribution in [2.75, 3.05) is 20.2 Å². The lowest BCUT2D eigenvalue weighted by atomic mass is 9.94. The third-order valence-corrected chi connectivity index (χ3v) is 4.80. The number of fused-ring (bicyclic) bond motifs is 1. The Kier molecular flexibility index (Phi) is 3.00. The van der Waals surface area contributed by atoms with Crippen LogP contribution in [-0.4, -0.2) is 30.1 Å². The Morgan fingerprint density at radius 3 is 2.76 bits per heavy atom. The molecule has 1 N–H and O–H groups in total. The van der Waals surface area contributed by atoms with Gasteiger partial charge < -0.3 is 9.72 Å². The fourth-order valence-corrected chi connectivity index (χ4v) is 3.32. The summed E-state index contributed by atoms with van der Waals surface area (Å²) >= 11 is 0. The zero-order chi connectivity index (χ0) is 14.4. The number of nitrogens with zero attached hydrogens (tertiary/aromatic N) is 1. The van der Waals surface area contributed by atoms with E-state index in [-0.39, 0.29) is 5.56 Å². The van der Waals surface area contributed by atoms with Gasteiger partial charge in [0.1, 0.15) is 5.75 Å². The largest absolute Gasteiger partial charge is 0.497 e. The molecule has 110 valence electrons. The van der Waals surface area contributed by atoms with Crippen LogP contribution in [0.15, 0.2) is 29.1 Å². The van der Waals surface area contributed by atoms with Crippen molar-refractivity contribution in [1.29, 1.82) is 0 Å². The number of likely N-dealkylation sites (tertiary alicyclic amines) is 1. The van der Waals surface area contributed by atoms with Crippen LogP contribution in [0.4, 0.5) is 0 Å². The zero-order valence-corrected chi connectivity index (χ0v) is 12.3. The molecular formula is C17H20N2O2. The van der Waals surface area contributed by atoms with Crippen LogP contribution in [0, 0.1) is 11.8 Å². The van der Waals surface area contributed by atoms with E-state index in [9.17, 15) is 4.79 Å². The number of aromatic amines is 1. The highest BCUT2D eigenvalue weighted by atomic mass is 16.5.